The van der Waals surface area contributed by atoms with E-state index in [1.807, 2.05) is 7.11 Å². The van der Waals surface area contributed by atoms with Gasteiger partial charge in [0.1, 0.15) is 0 Å². The van der Waals surface area contributed by atoms with Crippen molar-refractivity contribution in [3.63, 3.8) is 0 Å². The Bertz CT molecular complexity index is 309. The molecule has 0 aliphatic carbocycles. The molecule has 0 N–H and O–H groups in total. The smallest absolute Gasteiger partial charge is 0.0721 e. The second-order valence-corrected chi connectivity index (χ2v) is 6.36. The van der Waals surface area contributed by atoms with E-state index in [-0.39, 0.29) is 5.54 Å². The minimum Gasteiger partial charge on any atom is -0.383 e. The first-order chi connectivity index (χ1) is 9.82. The maximum Gasteiger partial charge on any atom is 0.0721 e. The lowest BCUT2D eigenvalue weighted by atomic mass is 9.94. The molecular formula is C15H28N2O3. The monoisotopic (exact) mass is 284 g/mol. The SMILES string of the molecule is COCC12CCCN1CC(OCCN1CCOCC1)C2. The summed E-state index contributed by atoms with van der Waals surface area (Å²) in [6.07, 6.45) is 4.12. The minimum atomic E-state index is 0.276. The molecule has 5 nitrogen and oxygen atoms in total. The maximum atomic E-state index is 6.13. The number of rotatable bonds is 6. The van der Waals surface area contributed by atoms with Crippen molar-refractivity contribution in [2.24, 2.45) is 0 Å². The van der Waals surface area contributed by atoms with Crippen molar-refractivity contribution in [2.75, 3.05) is 66.3 Å². The summed E-state index contributed by atoms with van der Waals surface area (Å²) in [6.45, 7) is 8.89. The Labute approximate surface area is 122 Å². The Kier molecular flexibility index (Phi) is 4.94. The zero-order valence-corrected chi connectivity index (χ0v) is 12.7. The topological polar surface area (TPSA) is 34.2 Å². The van der Waals surface area contributed by atoms with Gasteiger partial charge in [-0.3, -0.25) is 9.80 Å². The van der Waals surface area contributed by atoms with E-state index in [1.165, 1.54) is 19.4 Å². The fourth-order valence-corrected chi connectivity index (χ4v) is 4.02. The second-order valence-electron chi connectivity index (χ2n) is 6.36. The van der Waals surface area contributed by atoms with Crippen LogP contribution in [0, 0.1) is 0 Å². The molecule has 2 atom stereocenters. The average Bonchev–Trinajstić information content (AvgIpc) is 2.97. The molecule has 3 rings (SSSR count). The molecule has 0 bridgehead atoms. The van der Waals surface area contributed by atoms with Gasteiger partial charge in [0, 0.05) is 38.8 Å². The van der Waals surface area contributed by atoms with Crippen LogP contribution in [0.15, 0.2) is 0 Å². The first-order valence-electron chi connectivity index (χ1n) is 7.98. The van der Waals surface area contributed by atoms with Crippen LogP contribution in [0.25, 0.3) is 0 Å². The van der Waals surface area contributed by atoms with Crippen LogP contribution in [0.1, 0.15) is 19.3 Å². The van der Waals surface area contributed by atoms with Crippen molar-refractivity contribution >= 4 is 0 Å². The summed E-state index contributed by atoms with van der Waals surface area (Å²) in [7, 11) is 1.82. The molecule has 3 saturated heterocycles. The lowest BCUT2D eigenvalue weighted by molar-refractivity contribution is 0.00291. The van der Waals surface area contributed by atoms with Crippen LogP contribution in [0.4, 0.5) is 0 Å². The third kappa shape index (κ3) is 3.17. The first kappa shape index (κ1) is 14.7. The number of methoxy groups -OCH3 is 1. The molecule has 0 aromatic heterocycles. The van der Waals surface area contributed by atoms with Crippen molar-refractivity contribution in [3.05, 3.63) is 0 Å². The molecule has 0 aromatic rings. The fourth-order valence-electron chi connectivity index (χ4n) is 4.02. The Morgan fingerprint density at radius 3 is 2.90 bits per heavy atom. The Morgan fingerprint density at radius 2 is 2.10 bits per heavy atom. The van der Waals surface area contributed by atoms with Gasteiger partial charge in [0.05, 0.1) is 32.5 Å². The third-order valence-corrected chi connectivity index (χ3v) is 5.05. The molecule has 0 spiro atoms. The van der Waals surface area contributed by atoms with Gasteiger partial charge in [-0.1, -0.05) is 0 Å². The van der Waals surface area contributed by atoms with E-state index in [4.69, 9.17) is 14.2 Å². The first-order valence-corrected chi connectivity index (χ1v) is 7.98. The van der Waals surface area contributed by atoms with Gasteiger partial charge in [-0.2, -0.15) is 0 Å². The van der Waals surface area contributed by atoms with Gasteiger partial charge in [0.25, 0.3) is 0 Å². The van der Waals surface area contributed by atoms with Gasteiger partial charge in [-0.15, -0.1) is 0 Å². The molecule has 3 aliphatic rings. The fraction of sp³-hybridized carbons (Fsp3) is 1.00. The predicted octanol–water partition coefficient (Wildman–Crippen LogP) is 0.589. The molecule has 20 heavy (non-hydrogen) atoms. The number of nitrogens with zero attached hydrogens (tertiary/aromatic N) is 2. The summed E-state index contributed by atoms with van der Waals surface area (Å²) in [4.78, 5) is 5.03. The highest BCUT2D eigenvalue weighted by Crippen LogP contribution is 2.39. The number of morpholine rings is 1. The Hall–Kier alpha value is -0.200. The van der Waals surface area contributed by atoms with Crippen molar-refractivity contribution in [1.82, 2.24) is 9.80 Å². The van der Waals surface area contributed by atoms with Gasteiger partial charge in [-0.05, 0) is 25.8 Å². The van der Waals surface area contributed by atoms with Crippen LogP contribution in [0.2, 0.25) is 0 Å². The molecule has 2 unspecified atom stereocenters. The molecule has 5 heteroatoms. The lowest BCUT2D eigenvalue weighted by Gasteiger charge is -2.30. The molecule has 3 aliphatic heterocycles. The van der Waals surface area contributed by atoms with Crippen molar-refractivity contribution in [3.8, 4) is 0 Å². The van der Waals surface area contributed by atoms with Crippen molar-refractivity contribution in [2.45, 2.75) is 30.9 Å². The highest BCUT2D eigenvalue weighted by atomic mass is 16.5. The summed E-state index contributed by atoms with van der Waals surface area (Å²) >= 11 is 0. The van der Waals surface area contributed by atoms with Gasteiger partial charge >= 0.3 is 0 Å². The summed E-state index contributed by atoms with van der Waals surface area (Å²) in [5.74, 6) is 0. The van der Waals surface area contributed by atoms with Crippen LogP contribution in [-0.2, 0) is 14.2 Å². The van der Waals surface area contributed by atoms with E-state index in [0.29, 0.717) is 6.10 Å². The van der Waals surface area contributed by atoms with Gasteiger partial charge in [0.15, 0.2) is 0 Å². The van der Waals surface area contributed by atoms with E-state index >= 15 is 0 Å². The quantitative estimate of drug-likeness (QED) is 0.713. The van der Waals surface area contributed by atoms with Crippen LogP contribution < -0.4 is 0 Å². The lowest BCUT2D eigenvalue weighted by Crippen LogP contribution is -2.42. The predicted molar refractivity (Wildman–Crippen MR) is 77.0 cm³/mol. The van der Waals surface area contributed by atoms with Gasteiger partial charge in [0.2, 0.25) is 0 Å². The minimum absolute atomic E-state index is 0.276. The number of hydrogen-bond acceptors (Lipinski definition) is 5. The third-order valence-electron chi connectivity index (χ3n) is 5.05. The number of fused-ring (bicyclic) bond motifs is 1. The normalized spacial score (nSPS) is 35.5. The van der Waals surface area contributed by atoms with E-state index in [2.05, 4.69) is 9.80 Å². The Morgan fingerprint density at radius 1 is 1.25 bits per heavy atom. The molecule has 3 fully saturated rings. The molecule has 0 radical (unpaired) electrons. The van der Waals surface area contributed by atoms with E-state index < -0.39 is 0 Å². The highest BCUT2D eigenvalue weighted by molar-refractivity contribution is 5.03. The number of ether oxygens (including phenoxy) is 3. The largest absolute Gasteiger partial charge is 0.383 e. The summed E-state index contributed by atoms with van der Waals surface area (Å²) in [5.41, 5.74) is 0.276. The molecule has 0 amide bonds. The standard InChI is InChI=1S/C15H28N2O3/c1-18-13-15-3-2-4-17(15)12-14(11-15)20-10-7-16-5-8-19-9-6-16/h14H,2-13H2,1H3. The van der Waals surface area contributed by atoms with Crippen LogP contribution >= 0.6 is 0 Å². The van der Waals surface area contributed by atoms with Crippen LogP contribution in [0.5, 0.6) is 0 Å². The average molecular weight is 284 g/mol. The van der Waals surface area contributed by atoms with E-state index in [1.54, 1.807) is 0 Å². The van der Waals surface area contributed by atoms with E-state index in [0.717, 1.165) is 59.0 Å². The van der Waals surface area contributed by atoms with Gasteiger partial charge < -0.3 is 14.2 Å². The Balaban J connectivity index is 1.41. The van der Waals surface area contributed by atoms with E-state index in [9.17, 15) is 0 Å². The zero-order chi connectivity index (χ0) is 13.8. The molecule has 0 aromatic carbocycles. The summed E-state index contributed by atoms with van der Waals surface area (Å²) in [6, 6.07) is 0. The number of hydrogen-bond donors (Lipinski definition) is 0. The highest BCUT2D eigenvalue weighted by Gasteiger charge is 2.48. The molecule has 3 heterocycles. The van der Waals surface area contributed by atoms with Crippen molar-refractivity contribution < 1.29 is 14.2 Å². The van der Waals surface area contributed by atoms with Crippen LogP contribution in [0.3, 0.4) is 0 Å². The molecule has 0 saturated carbocycles. The summed E-state index contributed by atoms with van der Waals surface area (Å²) in [5, 5.41) is 0. The van der Waals surface area contributed by atoms with Gasteiger partial charge in [-0.25, -0.2) is 0 Å². The summed E-state index contributed by atoms with van der Waals surface area (Å²) < 4.78 is 17.0. The van der Waals surface area contributed by atoms with Crippen LogP contribution in [-0.4, -0.2) is 87.7 Å². The maximum absolute atomic E-state index is 6.13. The molecular weight excluding hydrogens is 256 g/mol. The molecule has 116 valence electrons. The second kappa shape index (κ2) is 6.71. The van der Waals surface area contributed by atoms with Crippen molar-refractivity contribution in [1.29, 1.82) is 0 Å². The zero-order valence-electron chi connectivity index (χ0n) is 12.7.